The lowest BCUT2D eigenvalue weighted by Crippen LogP contribution is -1.91. The molecule has 1 saturated carbocycles. The highest BCUT2D eigenvalue weighted by molar-refractivity contribution is 9.10. The van der Waals surface area contributed by atoms with Gasteiger partial charge in [-0.1, -0.05) is 12.8 Å². The van der Waals surface area contributed by atoms with Crippen molar-refractivity contribution in [2.24, 2.45) is 0 Å². The molecular weight excluding hydrogens is 327 g/mol. The van der Waals surface area contributed by atoms with Crippen molar-refractivity contribution in [3.8, 4) is 11.3 Å². The summed E-state index contributed by atoms with van der Waals surface area (Å²) in [5.41, 5.74) is 7.73. The Balaban J connectivity index is 2.00. The number of rotatable bonds is 2. The van der Waals surface area contributed by atoms with Gasteiger partial charge >= 0.3 is 0 Å². The van der Waals surface area contributed by atoms with Gasteiger partial charge in [0.15, 0.2) is 0 Å². The van der Waals surface area contributed by atoms with Gasteiger partial charge < -0.3 is 5.73 Å². The van der Waals surface area contributed by atoms with Crippen LogP contribution in [0.15, 0.2) is 22.7 Å². The fourth-order valence-corrected chi connectivity index (χ4v) is 4.13. The van der Waals surface area contributed by atoms with E-state index in [0.29, 0.717) is 15.4 Å². The second kappa shape index (κ2) is 5.21. The standard InChI is InChI=1S/C14H14BrFN2S/c15-11-7-9(16)5-6-10(11)12-13(17)19-14(18-12)8-3-1-2-4-8/h5-8H,1-4,17H2. The summed E-state index contributed by atoms with van der Waals surface area (Å²) >= 11 is 4.95. The van der Waals surface area contributed by atoms with Gasteiger partial charge in [-0.05, 0) is 47.0 Å². The molecule has 0 radical (unpaired) electrons. The lowest BCUT2D eigenvalue weighted by Gasteiger charge is -2.04. The molecule has 1 heterocycles. The van der Waals surface area contributed by atoms with E-state index < -0.39 is 0 Å². The van der Waals surface area contributed by atoms with E-state index in [0.717, 1.165) is 16.3 Å². The van der Waals surface area contributed by atoms with E-state index in [2.05, 4.69) is 15.9 Å². The first-order valence-electron chi connectivity index (χ1n) is 6.37. The number of aromatic nitrogens is 1. The summed E-state index contributed by atoms with van der Waals surface area (Å²) in [7, 11) is 0. The van der Waals surface area contributed by atoms with Crippen LogP contribution in [0.25, 0.3) is 11.3 Å². The molecule has 0 saturated heterocycles. The maximum atomic E-state index is 13.1. The molecule has 2 nitrogen and oxygen atoms in total. The minimum Gasteiger partial charge on any atom is -0.389 e. The van der Waals surface area contributed by atoms with E-state index in [1.54, 1.807) is 17.4 Å². The average molecular weight is 341 g/mol. The van der Waals surface area contributed by atoms with E-state index in [4.69, 9.17) is 10.7 Å². The van der Waals surface area contributed by atoms with Gasteiger partial charge in [-0.2, -0.15) is 0 Å². The smallest absolute Gasteiger partial charge is 0.124 e. The Hall–Kier alpha value is -0.940. The SMILES string of the molecule is Nc1sc(C2CCCC2)nc1-c1ccc(F)cc1Br. The number of nitrogen functional groups attached to an aromatic ring is 1. The quantitative estimate of drug-likeness (QED) is 0.839. The lowest BCUT2D eigenvalue weighted by molar-refractivity contribution is 0.627. The van der Waals surface area contributed by atoms with Crippen LogP contribution in [0.2, 0.25) is 0 Å². The molecule has 2 aromatic rings. The zero-order valence-corrected chi connectivity index (χ0v) is 12.7. The number of benzene rings is 1. The van der Waals surface area contributed by atoms with Crippen LogP contribution in [0.3, 0.4) is 0 Å². The second-order valence-electron chi connectivity index (χ2n) is 4.87. The number of anilines is 1. The number of nitrogens with zero attached hydrogens (tertiary/aromatic N) is 1. The Morgan fingerprint density at radius 3 is 2.74 bits per heavy atom. The van der Waals surface area contributed by atoms with Crippen LogP contribution in [-0.2, 0) is 0 Å². The molecule has 5 heteroatoms. The third kappa shape index (κ3) is 2.54. The molecule has 1 aromatic heterocycles. The minimum absolute atomic E-state index is 0.263. The molecule has 19 heavy (non-hydrogen) atoms. The minimum atomic E-state index is -0.263. The van der Waals surface area contributed by atoms with Crippen molar-refractivity contribution in [3.63, 3.8) is 0 Å². The summed E-state index contributed by atoms with van der Waals surface area (Å²) in [6.07, 6.45) is 4.97. The highest BCUT2D eigenvalue weighted by Crippen LogP contribution is 2.42. The van der Waals surface area contributed by atoms with Crippen molar-refractivity contribution < 1.29 is 4.39 Å². The van der Waals surface area contributed by atoms with Crippen LogP contribution in [0, 0.1) is 5.82 Å². The highest BCUT2D eigenvalue weighted by Gasteiger charge is 2.23. The van der Waals surface area contributed by atoms with Crippen molar-refractivity contribution in [3.05, 3.63) is 33.5 Å². The molecule has 1 aromatic carbocycles. The Morgan fingerprint density at radius 1 is 1.32 bits per heavy atom. The number of nitrogens with two attached hydrogens (primary N) is 1. The number of hydrogen-bond acceptors (Lipinski definition) is 3. The van der Waals surface area contributed by atoms with Gasteiger partial charge in [-0.15, -0.1) is 11.3 Å². The van der Waals surface area contributed by atoms with E-state index in [-0.39, 0.29) is 5.82 Å². The molecule has 0 spiro atoms. The van der Waals surface area contributed by atoms with Gasteiger partial charge in [0.1, 0.15) is 16.5 Å². The summed E-state index contributed by atoms with van der Waals surface area (Å²) < 4.78 is 13.8. The molecule has 0 unspecified atom stereocenters. The van der Waals surface area contributed by atoms with E-state index >= 15 is 0 Å². The third-order valence-electron chi connectivity index (χ3n) is 3.56. The molecule has 1 fully saturated rings. The number of hydrogen-bond donors (Lipinski definition) is 1. The summed E-state index contributed by atoms with van der Waals surface area (Å²) in [5, 5.41) is 1.84. The fraction of sp³-hybridized carbons (Fsp3) is 0.357. The molecule has 0 bridgehead atoms. The molecule has 1 aliphatic carbocycles. The van der Waals surface area contributed by atoms with E-state index in [1.807, 2.05) is 0 Å². The maximum Gasteiger partial charge on any atom is 0.124 e. The average Bonchev–Trinajstić information content (AvgIpc) is 2.98. The van der Waals surface area contributed by atoms with Crippen LogP contribution < -0.4 is 5.73 Å². The molecule has 1 aliphatic rings. The normalized spacial score (nSPS) is 16.1. The number of halogens is 2. The summed E-state index contributed by atoms with van der Waals surface area (Å²) in [4.78, 5) is 4.69. The number of thiazole rings is 1. The van der Waals surface area contributed by atoms with Gasteiger partial charge in [-0.25, -0.2) is 9.37 Å². The van der Waals surface area contributed by atoms with Crippen molar-refractivity contribution in [2.75, 3.05) is 5.73 Å². The Labute approximate surface area is 124 Å². The Kier molecular flexibility index (Phi) is 3.58. The predicted molar refractivity (Wildman–Crippen MR) is 80.8 cm³/mol. The molecular formula is C14H14BrFN2S. The summed E-state index contributed by atoms with van der Waals surface area (Å²) in [6.45, 7) is 0. The lowest BCUT2D eigenvalue weighted by atomic mass is 10.1. The monoisotopic (exact) mass is 340 g/mol. The second-order valence-corrected chi connectivity index (χ2v) is 6.79. The van der Waals surface area contributed by atoms with Gasteiger partial charge in [0, 0.05) is 16.0 Å². The van der Waals surface area contributed by atoms with Gasteiger partial charge in [0.05, 0.1) is 5.01 Å². The summed E-state index contributed by atoms with van der Waals surface area (Å²) in [5.74, 6) is 0.292. The Morgan fingerprint density at radius 2 is 2.05 bits per heavy atom. The third-order valence-corrected chi connectivity index (χ3v) is 5.26. The summed E-state index contributed by atoms with van der Waals surface area (Å²) in [6, 6.07) is 4.61. The molecule has 0 amide bonds. The first-order valence-corrected chi connectivity index (χ1v) is 7.97. The fourth-order valence-electron chi connectivity index (χ4n) is 2.57. The van der Waals surface area contributed by atoms with Gasteiger partial charge in [0.2, 0.25) is 0 Å². The maximum absolute atomic E-state index is 13.1. The van der Waals surface area contributed by atoms with E-state index in [9.17, 15) is 4.39 Å². The van der Waals surface area contributed by atoms with Crippen molar-refractivity contribution in [1.29, 1.82) is 0 Å². The molecule has 3 rings (SSSR count). The largest absolute Gasteiger partial charge is 0.389 e. The topological polar surface area (TPSA) is 38.9 Å². The van der Waals surface area contributed by atoms with Gasteiger partial charge in [-0.3, -0.25) is 0 Å². The van der Waals surface area contributed by atoms with Crippen LogP contribution in [0.4, 0.5) is 9.39 Å². The predicted octanol–water partition coefficient (Wildman–Crippen LogP) is 4.95. The zero-order chi connectivity index (χ0) is 13.4. The zero-order valence-electron chi connectivity index (χ0n) is 10.3. The molecule has 0 aliphatic heterocycles. The van der Waals surface area contributed by atoms with Crippen LogP contribution in [0.5, 0.6) is 0 Å². The molecule has 2 N–H and O–H groups in total. The van der Waals surface area contributed by atoms with Crippen LogP contribution in [0.1, 0.15) is 36.6 Å². The van der Waals surface area contributed by atoms with E-state index in [1.165, 1.54) is 37.8 Å². The van der Waals surface area contributed by atoms with Crippen LogP contribution in [-0.4, -0.2) is 4.98 Å². The van der Waals surface area contributed by atoms with Gasteiger partial charge in [0.25, 0.3) is 0 Å². The molecule has 0 atom stereocenters. The first kappa shape index (κ1) is 13.1. The highest BCUT2D eigenvalue weighted by atomic mass is 79.9. The molecule has 100 valence electrons. The van der Waals surface area contributed by atoms with Crippen molar-refractivity contribution >= 4 is 32.3 Å². The van der Waals surface area contributed by atoms with Crippen molar-refractivity contribution in [1.82, 2.24) is 4.98 Å². The van der Waals surface area contributed by atoms with Crippen molar-refractivity contribution in [2.45, 2.75) is 31.6 Å². The Bertz CT molecular complexity index is 605. The first-order chi connectivity index (χ1) is 9.15. The van der Waals surface area contributed by atoms with Crippen LogP contribution >= 0.6 is 27.3 Å².